The minimum absolute atomic E-state index is 0.297. The lowest BCUT2D eigenvalue weighted by Crippen LogP contribution is -2.04. The molecule has 3 N–H and O–H groups in total. The zero-order valence-corrected chi connectivity index (χ0v) is 12.2. The minimum Gasteiger partial charge on any atom is -0.384 e. The summed E-state index contributed by atoms with van der Waals surface area (Å²) in [6.07, 6.45) is 1.81. The highest BCUT2D eigenvalue weighted by atomic mass is 15.1. The number of aromatic nitrogens is 3. The van der Waals surface area contributed by atoms with Crippen LogP contribution in [0.2, 0.25) is 0 Å². The molecule has 0 radical (unpaired) electrons. The molecule has 0 aliphatic heterocycles. The number of fused-ring (bicyclic) bond motifs is 1. The van der Waals surface area contributed by atoms with Crippen LogP contribution in [-0.2, 0) is 6.54 Å². The molecule has 3 rings (SSSR count). The van der Waals surface area contributed by atoms with Crippen molar-refractivity contribution in [1.29, 1.82) is 0 Å². The number of imidazole rings is 1. The number of nitrogens with two attached hydrogens (primary N) is 1. The van der Waals surface area contributed by atoms with Gasteiger partial charge in [-0.3, -0.25) is 0 Å². The second-order valence-corrected chi connectivity index (χ2v) is 5.35. The smallest absolute Gasteiger partial charge is 0.164 e. The van der Waals surface area contributed by atoms with Crippen molar-refractivity contribution < 1.29 is 0 Å². The average Bonchev–Trinajstić information content (AvgIpc) is 2.89. The summed E-state index contributed by atoms with van der Waals surface area (Å²) in [5.74, 6) is 0.500. The Hall–Kier alpha value is -2.56. The predicted molar refractivity (Wildman–Crippen MR) is 86.1 cm³/mol. The van der Waals surface area contributed by atoms with E-state index < -0.39 is 0 Å². The number of benzene rings is 1. The van der Waals surface area contributed by atoms with Crippen LogP contribution in [0.3, 0.4) is 0 Å². The van der Waals surface area contributed by atoms with Crippen molar-refractivity contribution in [3.05, 3.63) is 48.3 Å². The molecule has 0 aliphatic carbocycles. The van der Waals surface area contributed by atoms with Gasteiger partial charge in [0, 0.05) is 18.7 Å². The van der Waals surface area contributed by atoms with Gasteiger partial charge >= 0.3 is 0 Å². The minimum atomic E-state index is 0.297. The van der Waals surface area contributed by atoms with Gasteiger partial charge in [0.1, 0.15) is 11.3 Å². The largest absolute Gasteiger partial charge is 0.384 e. The van der Waals surface area contributed by atoms with Crippen molar-refractivity contribution in [2.24, 2.45) is 0 Å². The third-order valence-corrected chi connectivity index (χ3v) is 3.43. The number of hydrogen-bond donors (Lipinski definition) is 2. The van der Waals surface area contributed by atoms with Crippen molar-refractivity contribution in [2.45, 2.75) is 26.4 Å². The fourth-order valence-corrected chi connectivity index (χ4v) is 2.33. The van der Waals surface area contributed by atoms with Gasteiger partial charge in [-0.15, -0.1) is 0 Å². The van der Waals surface area contributed by atoms with Crippen LogP contribution >= 0.6 is 0 Å². The van der Waals surface area contributed by atoms with Gasteiger partial charge in [-0.25, -0.2) is 9.97 Å². The maximum atomic E-state index is 5.93. The van der Waals surface area contributed by atoms with Gasteiger partial charge in [0.15, 0.2) is 5.65 Å². The molecule has 0 spiro atoms. The monoisotopic (exact) mass is 281 g/mol. The molecule has 0 saturated heterocycles. The van der Waals surface area contributed by atoms with Gasteiger partial charge in [0.05, 0.1) is 12.0 Å². The third kappa shape index (κ3) is 2.67. The summed E-state index contributed by atoms with van der Waals surface area (Å²) in [4.78, 5) is 8.89. The van der Waals surface area contributed by atoms with Gasteiger partial charge in [0.25, 0.3) is 0 Å². The molecule has 5 heteroatoms. The average molecular weight is 281 g/mol. The Morgan fingerprint density at radius 1 is 1.24 bits per heavy atom. The summed E-state index contributed by atoms with van der Waals surface area (Å²) in [7, 11) is 0. The molecule has 0 unspecified atom stereocenters. The second kappa shape index (κ2) is 5.44. The summed E-state index contributed by atoms with van der Waals surface area (Å²) < 4.78 is 2.03. The summed E-state index contributed by atoms with van der Waals surface area (Å²) in [6, 6.07) is 12.4. The maximum absolute atomic E-state index is 5.93. The van der Waals surface area contributed by atoms with Gasteiger partial charge in [-0.1, -0.05) is 30.3 Å². The molecular formula is C16H19N5. The topological polar surface area (TPSA) is 68.8 Å². The molecule has 0 bridgehead atoms. The quantitative estimate of drug-likeness (QED) is 0.770. The van der Waals surface area contributed by atoms with E-state index in [0.29, 0.717) is 11.9 Å². The Morgan fingerprint density at radius 3 is 2.71 bits per heavy atom. The van der Waals surface area contributed by atoms with E-state index >= 15 is 0 Å². The number of anilines is 2. The van der Waals surface area contributed by atoms with Gasteiger partial charge in [-0.05, 0) is 19.4 Å². The molecule has 2 aromatic heterocycles. The fraction of sp³-hybridized carbons (Fsp3) is 0.250. The Morgan fingerprint density at radius 2 is 2.00 bits per heavy atom. The van der Waals surface area contributed by atoms with Crippen LogP contribution in [0.4, 0.5) is 11.5 Å². The molecule has 21 heavy (non-hydrogen) atoms. The summed E-state index contributed by atoms with van der Waals surface area (Å²) in [5, 5.41) is 3.40. The van der Waals surface area contributed by atoms with Crippen molar-refractivity contribution in [1.82, 2.24) is 14.5 Å². The first kappa shape index (κ1) is 13.4. The highest BCUT2D eigenvalue weighted by Gasteiger charge is 2.12. The lowest BCUT2D eigenvalue weighted by Gasteiger charge is -2.10. The first-order valence-corrected chi connectivity index (χ1v) is 7.06. The molecule has 2 heterocycles. The van der Waals surface area contributed by atoms with Gasteiger partial charge in [-0.2, -0.15) is 0 Å². The molecule has 1 aromatic carbocycles. The SMILES string of the molecule is CC(C)n1cnc2c(NCc3ccccc3)cc(N)nc21. The van der Waals surface area contributed by atoms with Crippen molar-refractivity contribution in [2.75, 3.05) is 11.1 Å². The van der Waals surface area contributed by atoms with E-state index in [1.54, 1.807) is 0 Å². The van der Waals surface area contributed by atoms with Crippen LogP contribution < -0.4 is 11.1 Å². The molecule has 0 amide bonds. The molecular weight excluding hydrogens is 262 g/mol. The predicted octanol–water partition coefficient (Wildman–Crippen LogP) is 3.21. The summed E-state index contributed by atoms with van der Waals surface area (Å²) in [5.41, 5.74) is 9.73. The highest BCUT2D eigenvalue weighted by molar-refractivity contribution is 5.87. The zero-order valence-electron chi connectivity index (χ0n) is 12.2. The standard InChI is InChI=1S/C16H19N5/c1-11(2)21-10-19-15-13(8-14(17)20-16(15)21)18-9-12-6-4-3-5-7-12/h3-8,10-11H,9H2,1-2H3,(H3,17,18,20). The number of hydrogen-bond acceptors (Lipinski definition) is 4. The lowest BCUT2D eigenvalue weighted by molar-refractivity contribution is 0.613. The van der Waals surface area contributed by atoms with Crippen LogP contribution in [0.25, 0.3) is 11.2 Å². The number of nitrogens with zero attached hydrogens (tertiary/aromatic N) is 3. The Balaban J connectivity index is 1.95. The number of pyridine rings is 1. The van der Waals surface area contributed by atoms with Crippen LogP contribution in [0, 0.1) is 0 Å². The van der Waals surface area contributed by atoms with Gasteiger partial charge < -0.3 is 15.6 Å². The third-order valence-electron chi connectivity index (χ3n) is 3.43. The number of nitrogen functional groups attached to an aromatic ring is 1. The highest BCUT2D eigenvalue weighted by Crippen LogP contribution is 2.25. The van der Waals surface area contributed by atoms with E-state index in [1.165, 1.54) is 5.56 Å². The van der Waals surface area contributed by atoms with Crippen LogP contribution in [0.5, 0.6) is 0 Å². The van der Waals surface area contributed by atoms with Crippen molar-refractivity contribution >= 4 is 22.7 Å². The van der Waals surface area contributed by atoms with E-state index in [0.717, 1.165) is 23.4 Å². The molecule has 3 aromatic rings. The number of rotatable bonds is 4. The van der Waals surface area contributed by atoms with E-state index in [2.05, 4.69) is 41.3 Å². The molecule has 0 atom stereocenters. The lowest BCUT2D eigenvalue weighted by atomic mass is 10.2. The molecule has 5 nitrogen and oxygen atoms in total. The fourth-order valence-electron chi connectivity index (χ4n) is 2.33. The van der Waals surface area contributed by atoms with Crippen LogP contribution in [0.15, 0.2) is 42.7 Å². The van der Waals surface area contributed by atoms with E-state index in [-0.39, 0.29) is 0 Å². The molecule has 0 aliphatic rings. The van der Waals surface area contributed by atoms with E-state index in [9.17, 15) is 0 Å². The second-order valence-electron chi connectivity index (χ2n) is 5.35. The zero-order chi connectivity index (χ0) is 14.8. The first-order chi connectivity index (χ1) is 10.1. The van der Waals surface area contributed by atoms with Crippen molar-refractivity contribution in [3.8, 4) is 0 Å². The Labute approximate surface area is 123 Å². The summed E-state index contributed by atoms with van der Waals surface area (Å²) in [6.45, 7) is 4.93. The number of nitrogens with one attached hydrogen (secondary N) is 1. The van der Waals surface area contributed by atoms with Crippen LogP contribution in [0.1, 0.15) is 25.5 Å². The maximum Gasteiger partial charge on any atom is 0.164 e. The van der Waals surface area contributed by atoms with Crippen LogP contribution in [-0.4, -0.2) is 14.5 Å². The Kier molecular flexibility index (Phi) is 3.48. The Bertz CT molecular complexity index is 746. The summed E-state index contributed by atoms with van der Waals surface area (Å²) >= 11 is 0. The van der Waals surface area contributed by atoms with Gasteiger partial charge in [0.2, 0.25) is 0 Å². The first-order valence-electron chi connectivity index (χ1n) is 7.06. The van der Waals surface area contributed by atoms with E-state index in [4.69, 9.17) is 5.73 Å². The molecule has 0 fully saturated rings. The molecule has 108 valence electrons. The van der Waals surface area contributed by atoms with Crippen molar-refractivity contribution in [3.63, 3.8) is 0 Å². The molecule has 0 saturated carbocycles. The van der Waals surface area contributed by atoms with E-state index in [1.807, 2.05) is 35.2 Å². The normalized spacial score (nSPS) is 11.2.